The fraction of sp³-hybridized carbons (Fsp3) is 1.00. The van der Waals surface area contributed by atoms with Gasteiger partial charge in [0.1, 0.15) is 0 Å². The molecular weight excluding hydrogens is 184 g/mol. The molecule has 1 heteroatoms. The van der Waals surface area contributed by atoms with Crippen LogP contribution in [0.15, 0.2) is 0 Å². The fourth-order valence-corrected chi connectivity index (χ4v) is 3.94. The zero-order valence-corrected chi connectivity index (χ0v) is 10.2. The van der Waals surface area contributed by atoms with Crippen LogP contribution in [0.4, 0.5) is 0 Å². The Bertz CT molecular complexity index is 194. The van der Waals surface area contributed by atoms with E-state index < -0.39 is 0 Å². The van der Waals surface area contributed by atoms with Crippen molar-refractivity contribution in [2.75, 3.05) is 0 Å². The zero-order chi connectivity index (χ0) is 10.7. The lowest BCUT2D eigenvalue weighted by molar-refractivity contribution is -0.0828. The van der Waals surface area contributed by atoms with Gasteiger partial charge in [-0.2, -0.15) is 0 Å². The minimum Gasteiger partial charge on any atom is -0.390 e. The summed E-state index contributed by atoms with van der Waals surface area (Å²) in [7, 11) is 0. The smallest absolute Gasteiger partial charge is 0.0678 e. The van der Waals surface area contributed by atoms with Crippen molar-refractivity contribution in [3.8, 4) is 0 Å². The second-order valence-corrected chi connectivity index (χ2v) is 5.72. The second-order valence-electron chi connectivity index (χ2n) is 5.72. The molecule has 0 saturated heterocycles. The molecule has 0 amide bonds. The highest BCUT2D eigenvalue weighted by atomic mass is 16.3. The second kappa shape index (κ2) is 4.86. The molecule has 2 atom stereocenters. The van der Waals surface area contributed by atoms with Gasteiger partial charge in [0, 0.05) is 0 Å². The van der Waals surface area contributed by atoms with E-state index in [1.165, 1.54) is 51.4 Å². The van der Waals surface area contributed by atoms with Gasteiger partial charge >= 0.3 is 0 Å². The number of hydrogen-bond donors (Lipinski definition) is 1. The molecule has 88 valence electrons. The van der Waals surface area contributed by atoms with Crippen molar-refractivity contribution in [2.24, 2.45) is 11.8 Å². The molecule has 0 radical (unpaired) electrons. The largest absolute Gasteiger partial charge is 0.390 e. The third kappa shape index (κ3) is 2.38. The van der Waals surface area contributed by atoms with Crippen molar-refractivity contribution < 1.29 is 5.11 Å². The standard InChI is InChI=1S/C14H26O/c1-2-12-8-4-5-9-13(12)14(15)10-6-3-7-11-14/h12-13,15H,2-11H2,1H3. The third-order valence-corrected chi connectivity index (χ3v) is 4.84. The summed E-state index contributed by atoms with van der Waals surface area (Å²) < 4.78 is 0. The SMILES string of the molecule is CCC1CCCCC1C1(O)CCCCC1. The van der Waals surface area contributed by atoms with E-state index >= 15 is 0 Å². The Morgan fingerprint density at radius 2 is 1.67 bits per heavy atom. The average Bonchev–Trinajstić information content (AvgIpc) is 2.30. The van der Waals surface area contributed by atoms with Crippen LogP contribution in [0.3, 0.4) is 0 Å². The molecule has 2 aliphatic rings. The van der Waals surface area contributed by atoms with Crippen molar-refractivity contribution in [3.05, 3.63) is 0 Å². The lowest BCUT2D eigenvalue weighted by Gasteiger charge is -2.45. The Labute approximate surface area is 94.3 Å². The summed E-state index contributed by atoms with van der Waals surface area (Å²) in [5, 5.41) is 10.8. The van der Waals surface area contributed by atoms with Gasteiger partial charge in [-0.15, -0.1) is 0 Å². The van der Waals surface area contributed by atoms with Crippen LogP contribution in [-0.4, -0.2) is 10.7 Å². The molecule has 0 aliphatic heterocycles. The van der Waals surface area contributed by atoms with Gasteiger partial charge in [-0.05, 0) is 31.1 Å². The molecule has 0 aromatic carbocycles. The van der Waals surface area contributed by atoms with Crippen molar-refractivity contribution in [1.29, 1.82) is 0 Å². The topological polar surface area (TPSA) is 20.2 Å². The minimum atomic E-state index is -0.278. The van der Waals surface area contributed by atoms with Gasteiger partial charge in [-0.3, -0.25) is 0 Å². The summed E-state index contributed by atoms with van der Waals surface area (Å²) >= 11 is 0. The summed E-state index contributed by atoms with van der Waals surface area (Å²) in [5.74, 6) is 1.43. The first-order valence-corrected chi connectivity index (χ1v) is 6.98. The molecule has 2 unspecified atom stereocenters. The fourth-order valence-electron chi connectivity index (χ4n) is 3.94. The van der Waals surface area contributed by atoms with E-state index in [2.05, 4.69) is 6.92 Å². The predicted octanol–water partition coefficient (Wildman–Crippen LogP) is 3.90. The van der Waals surface area contributed by atoms with Gasteiger partial charge in [0.05, 0.1) is 5.60 Å². The van der Waals surface area contributed by atoms with E-state index in [1.807, 2.05) is 0 Å². The van der Waals surface area contributed by atoms with Crippen LogP contribution in [-0.2, 0) is 0 Å². The number of aliphatic hydroxyl groups is 1. The van der Waals surface area contributed by atoms with Crippen molar-refractivity contribution in [3.63, 3.8) is 0 Å². The van der Waals surface area contributed by atoms with Gasteiger partial charge < -0.3 is 5.11 Å². The Hall–Kier alpha value is -0.0400. The molecular formula is C14H26O. The van der Waals surface area contributed by atoms with Crippen LogP contribution >= 0.6 is 0 Å². The summed E-state index contributed by atoms with van der Waals surface area (Å²) in [6.07, 6.45) is 12.7. The van der Waals surface area contributed by atoms with Crippen LogP contribution < -0.4 is 0 Å². The highest BCUT2D eigenvalue weighted by Gasteiger charge is 2.41. The maximum atomic E-state index is 10.8. The maximum Gasteiger partial charge on any atom is 0.0678 e. The molecule has 1 N–H and O–H groups in total. The van der Waals surface area contributed by atoms with Gasteiger partial charge in [0.2, 0.25) is 0 Å². The van der Waals surface area contributed by atoms with Crippen LogP contribution in [0.1, 0.15) is 71.1 Å². The van der Waals surface area contributed by atoms with Gasteiger partial charge in [0.25, 0.3) is 0 Å². The molecule has 0 aromatic heterocycles. The average molecular weight is 210 g/mol. The maximum absolute atomic E-state index is 10.8. The van der Waals surface area contributed by atoms with E-state index in [1.54, 1.807) is 0 Å². The summed E-state index contributed by atoms with van der Waals surface area (Å²) in [5.41, 5.74) is -0.278. The monoisotopic (exact) mass is 210 g/mol. The van der Waals surface area contributed by atoms with Gasteiger partial charge in [-0.25, -0.2) is 0 Å². The van der Waals surface area contributed by atoms with E-state index in [0.717, 1.165) is 18.8 Å². The molecule has 0 spiro atoms. The summed E-state index contributed by atoms with van der Waals surface area (Å²) in [4.78, 5) is 0. The first kappa shape index (κ1) is 11.4. The minimum absolute atomic E-state index is 0.278. The molecule has 2 rings (SSSR count). The van der Waals surface area contributed by atoms with Gasteiger partial charge in [0.15, 0.2) is 0 Å². The van der Waals surface area contributed by atoms with E-state index in [9.17, 15) is 5.11 Å². The first-order valence-electron chi connectivity index (χ1n) is 6.98. The van der Waals surface area contributed by atoms with Gasteiger partial charge in [-0.1, -0.05) is 51.9 Å². The summed E-state index contributed by atoms with van der Waals surface area (Å²) in [6.45, 7) is 2.30. The van der Waals surface area contributed by atoms with Crippen LogP contribution in [0.5, 0.6) is 0 Å². The Morgan fingerprint density at radius 1 is 1.00 bits per heavy atom. The number of rotatable bonds is 2. The molecule has 1 nitrogen and oxygen atoms in total. The molecule has 0 bridgehead atoms. The molecule has 0 aromatic rings. The molecule has 2 saturated carbocycles. The first-order chi connectivity index (χ1) is 7.26. The van der Waals surface area contributed by atoms with Crippen molar-refractivity contribution in [2.45, 2.75) is 76.7 Å². The summed E-state index contributed by atoms with van der Waals surface area (Å²) in [6, 6.07) is 0. The van der Waals surface area contributed by atoms with Crippen molar-refractivity contribution in [1.82, 2.24) is 0 Å². The quantitative estimate of drug-likeness (QED) is 0.733. The van der Waals surface area contributed by atoms with E-state index in [4.69, 9.17) is 0 Å². The molecule has 2 fully saturated rings. The highest BCUT2D eigenvalue weighted by molar-refractivity contribution is 4.93. The van der Waals surface area contributed by atoms with Crippen LogP contribution in [0.25, 0.3) is 0 Å². The normalized spacial score (nSPS) is 36.4. The van der Waals surface area contributed by atoms with E-state index in [-0.39, 0.29) is 5.60 Å². The predicted molar refractivity (Wildman–Crippen MR) is 63.8 cm³/mol. The van der Waals surface area contributed by atoms with Crippen LogP contribution in [0.2, 0.25) is 0 Å². The Kier molecular flexibility index (Phi) is 3.71. The Balaban J connectivity index is 2.04. The molecule has 0 heterocycles. The lowest BCUT2D eigenvalue weighted by Crippen LogP contribution is -2.44. The third-order valence-electron chi connectivity index (χ3n) is 4.84. The van der Waals surface area contributed by atoms with E-state index in [0.29, 0.717) is 5.92 Å². The highest BCUT2D eigenvalue weighted by Crippen LogP contribution is 2.45. The van der Waals surface area contributed by atoms with Crippen molar-refractivity contribution >= 4 is 0 Å². The van der Waals surface area contributed by atoms with Crippen LogP contribution in [0, 0.1) is 11.8 Å². The lowest BCUT2D eigenvalue weighted by atomic mass is 9.64. The Morgan fingerprint density at radius 3 is 2.33 bits per heavy atom. The molecule has 2 aliphatic carbocycles. The molecule has 15 heavy (non-hydrogen) atoms. The number of hydrogen-bond acceptors (Lipinski definition) is 1. The zero-order valence-electron chi connectivity index (χ0n) is 10.2.